The number of methoxy groups -OCH3 is 1. The highest BCUT2D eigenvalue weighted by Crippen LogP contribution is 2.35. The van der Waals surface area contributed by atoms with Crippen molar-refractivity contribution in [1.29, 1.82) is 0 Å². The van der Waals surface area contributed by atoms with Gasteiger partial charge >= 0.3 is 0 Å². The van der Waals surface area contributed by atoms with E-state index in [1.165, 1.54) is 0 Å². The van der Waals surface area contributed by atoms with Crippen LogP contribution < -0.4 is 10.1 Å². The predicted molar refractivity (Wildman–Crippen MR) is 109 cm³/mol. The Morgan fingerprint density at radius 2 is 2.00 bits per heavy atom. The normalized spacial score (nSPS) is 10.7. The molecule has 0 aliphatic heterocycles. The maximum absolute atomic E-state index is 5.45. The molecular weight excluding hydrogens is 412 g/mol. The number of nitrogens with zero attached hydrogens (tertiary/aromatic N) is 3. The van der Waals surface area contributed by atoms with Gasteiger partial charge in [0.05, 0.1) is 19.1 Å². The Labute approximate surface area is 163 Å². The summed E-state index contributed by atoms with van der Waals surface area (Å²) in [5.74, 6) is 0.801. The molecule has 0 atom stereocenters. The predicted octanol–water partition coefficient (Wildman–Crippen LogP) is 5.51. The zero-order valence-corrected chi connectivity index (χ0v) is 16.3. The average molecular weight is 427 g/mol. The van der Waals surface area contributed by atoms with Gasteiger partial charge in [-0.1, -0.05) is 15.9 Å². The third kappa shape index (κ3) is 3.49. The van der Waals surface area contributed by atoms with Crippen LogP contribution in [-0.2, 0) is 0 Å². The van der Waals surface area contributed by atoms with Crippen molar-refractivity contribution in [3.05, 3.63) is 71.0 Å². The SMILES string of the molecule is COc1ccc(Br)cc1-c1csc(Nc2ccc(-n3ccnc3)cc2)n1. The number of halogens is 1. The number of imidazole rings is 1. The first kappa shape index (κ1) is 16.8. The molecule has 0 radical (unpaired) electrons. The minimum atomic E-state index is 0.801. The monoisotopic (exact) mass is 426 g/mol. The molecule has 2 aromatic heterocycles. The molecule has 0 amide bonds. The lowest BCUT2D eigenvalue weighted by Gasteiger charge is -2.07. The number of anilines is 2. The lowest BCUT2D eigenvalue weighted by Crippen LogP contribution is -1.93. The van der Waals surface area contributed by atoms with Crippen molar-refractivity contribution in [1.82, 2.24) is 14.5 Å². The molecule has 26 heavy (non-hydrogen) atoms. The largest absolute Gasteiger partial charge is 0.496 e. The Balaban J connectivity index is 1.55. The highest BCUT2D eigenvalue weighted by Gasteiger charge is 2.11. The summed E-state index contributed by atoms with van der Waals surface area (Å²) < 4.78 is 8.40. The van der Waals surface area contributed by atoms with E-state index in [0.717, 1.165) is 38.0 Å². The van der Waals surface area contributed by atoms with Crippen molar-refractivity contribution in [3.8, 4) is 22.7 Å². The molecule has 4 aromatic rings. The van der Waals surface area contributed by atoms with Gasteiger partial charge in [0, 0.05) is 39.2 Å². The topological polar surface area (TPSA) is 52.0 Å². The lowest BCUT2D eigenvalue weighted by atomic mass is 10.1. The van der Waals surface area contributed by atoms with Gasteiger partial charge in [0.25, 0.3) is 0 Å². The van der Waals surface area contributed by atoms with Gasteiger partial charge in [0.1, 0.15) is 5.75 Å². The van der Waals surface area contributed by atoms with Crippen LogP contribution >= 0.6 is 27.3 Å². The molecule has 1 N–H and O–H groups in total. The molecule has 4 rings (SSSR count). The third-order valence-electron chi connectivity index (χ3n) is 3.86. The van der Waals surface area contributed by atoms with Crippen LogP contribution in [0.1, 0.15) is 0 Å². The van der Waals surface area contributed by atoms with Crippen molar-refractivity contribution in [3.63, 3.8) is 0 Å². The summed E-state index contributed by atoms with van der Waals surface area (Å²) in [6.45, 7) is 0. The van der Waals surface area contributed by atoms with E-state index in [1.807, 2.05) is 58.6 Å². The first-order chi connectivity index (χ1) is 12.7. The van der Waals surface area contributed by atoms with Crippen LogP contribution in [0.3, 0.4) is 0 Å². The minimum absolute atomic E-state index is 0.801. The summed E-state index contributed by atoms with van der Waals surface area (Å²) in [6, 6.07) is 14.0. The number of thiazole rings is 1. The molecule has 0 spiro atoms. The summed E-state index contributed by atoms with van der Waals surface area (Å²) >= 11 is 5.06. The summed E-state index contributed by atoms with van der Waals surface area (Å²) in [5.41, 5.74) is 3.88. The summed E-state index contributed by atoms with van der Waals surface area (Å²) in [5, 5.41) is 6.20. The van der Waals surface area contributed by atoms with Gasteiger partial charge in [-0.25, -0.2) is 9.97 Å². The van der Waals surface area contributed by atoms with Gasteiger partial charge in [0.15, 0.2) is 5.13 Å². The van der Waals surface area contributed by atoms with Gasteiger partial charge in [-0.15, -0.1) is 11.3 Å². The quantitative estimate of drug-likeness (QED) is 0.456. The van der Waals surface area contributed by atoms with Gasteiger partial charge in [-0.2, -0.15) is 0 Å². The van der Waals surface area contributed by atoms with Crippen molar-refractivity contribution >= 4 is 38.1 Å². The number of benzene rings is 2. The number of hydrogen-bond acceptors (Lipinski definition) is 5. The van der Waals surface area contributed by atoms with Crippen LogP contribution in [0.4, 0.5) is 10.8 Å². The highest BCUT2D eigenvalue weighted by atomic mass is 79.9. The van der Waals surface area contributed by atoms with E-state index in [9.17, 15) is 0 Å². The number of ether oxygens (including phenoxy) is 1. The molecule has 5 nitrogen and oxygen atoms in total. The summed E-state index contributed by atoms with van der Waals surface area (Å²) in [6.07, 6.45) is 5.46. The number of aromatic nitrogens is 3. The maximum Gasteiger partial charge on any atom is 0.187 e. The average Bonchev–Trinajstić information content (AvgIpc) is 3.34. The number of hydrogen-bond donors (Lipinski definition) is 1. The van der Waals surface area contributed by atoms with E-state index in [-0.39, 0.29) is 0 Å². The molecule has 2 heterocycles. The van der Waals surface area contributed by atoms with Crippen LogP contribution in [-0.4, -0.2) is 21.6 Å². The third-order valence-corrected chi connectivity index (χ3v) is 5.11. The van der Waals surface area contributed by atoms with Crippen LogP contribution in [0, 0.1) is 0 Å². The van der Waals surface area contributed by atoms with Crippen molar-refractivity contribution in [2.75, 3.05) is 12.4 Å². The number of nitrogens with one attached hydrogen (secondary N) is 1. The van der Waals surface area contributed by atoms with Crippen molar-refractivity contribution in [2.45, 2.75) is 0 Å². The van der Waals surface area contributed by atoms with Crippen molar-refractivity contribution < 1.29 is 4.74 Å². The van der Waals surface area contributed by atoms with E-state index >= 15 is 0 Å². The van der Waals surface area contributed by atoms with E-state index < -0.39 is 0 Å². The Bertz CT molecular complexity index is 1010. The van der Waals surface area contributed by atoms with Gasteiger partial charge < -0.3 is 14.6 Å². The molecule has 0 unspecified atom stereocenters. The van der Waals surface area contributed by atoms with Crippen molar-refractivity contribution in [2.24, 2.45) is 0 Å². The molecule has 0 bridgehead atoms. The smallest absolute Gasteiger partial charge is 0.187 e. The minimum Gasteiger partial charge on any atom is -0.496 e. The maximum atomic E-state index is 5.45. The number of rotatable bonds is 5. The molecular formula is C19H15BrN4OS. The zero-order chi connectivity index (χ0) is 17.9. The molecule has 0 aliphatic rings. The Morgan fingerprint density at radius 1 is 1.15 bits per heavy atom. The molecule has 0 saturated carbocycles. The molecule has 130 valence electrons. The molecule has 7 heteroatoms. The first-order valence-electron chi connectivity index (χ1n) is 7.88. The van der Waals surface area contributed by atoms with E-state index in [2.05, 4.69) is 31.2 Å². The van der Waals surface area contributed by atoms with E-state index in [0.29, 0.717) is 0 Å². The zero-order valence-electron chi connectivity index (χ0n) is 13.9. The summed E-state index contributed by atoms with van der Waals surface area (Å²) in [4.78, 5) is 8.76. The van der Waals surface area contributed by atoms with Crippen LogP contribution in [0.5, 0.6) is 5.75 Å². The lowest BCUT2D eigenvalue weighted by molar-refractivity contribution is 0.416. The van der Waals surface area contributed by atoms with Crippen LogP contribution in [0.25, 0.3) is 16.9 Å². The van der Waals surface area contributed by atoms with E-state index in [4.69, 9.17) is 4.74 Å². The standard InChI is InChI=1S/C19H15BrN4OS/c1-25-18-7-2-13(20)10-16(18)17-11-26-19(23-17)22-14-3-5-15(6-4-14)24-9-8-21-12-24/h2-12H,1H3,(H,22,23). The van der Waals surface area contributed by atoms with Gasteiger partial charge in [0.2, 0.25) is 0 Å². The van der Waals surface area contributed by atoms with Gasteiger partial charge in [-0.3, -0.25) is 0 Å². The molecule has 0 aliphatic carbocycles. The molecule has 0 saturated heterocycles. The Morgan fingerprint density at radius 3 is 2.73 bits per heavy atom. The van der Waals surface area contributed by atoms with Crippen LogP contribution in [0.15, 0.2) is 71.0 Å². The fourth-order valence-corrected chi connectivity index (χ4v) is 3.68. The molecule has 0 fully saturated rings. The fourth-order valence-electron chi connectivity index (χ4n) is 2.59. The second-order valence-electron chi connectivity index (χ2n) is 5.52. The highest BCUT2D eigenvalue weighted by molar-refractivity contribution is 9.10. The Hall–Kier alpha value is -2.64. The second-order valence-corrected chi connectivity index (χ2v) is 7.30. The summed E-state index contributed by atoms with van der Waals surface area (Å²) in [7, 11) is 1.67. The van der Waals surface area contributed by atoms with Gasteiger partial charge in [-0.05, 0) is 42.5 Å². The fraction of sp³-hybridized carbons (Fsp3) is 0.0526. The first-order valence-corrected chi connectivity index (χ1v) is 9.55. The van der Waals surface area contributed by atoms with E-state index in [1.54, 1.807) is 31.0 Å². The molecule has 2 aromatic carbocycles. The Kier molecular flexibility index (Phi) is 4.73. The van der Waals surface area contributed by atoms with Crippen LogP contribution in [0.2, 0.25) is 0 Å². The second kappa shape index (κ2) is 7.31.